The van der Waals surface area contributed by atoms with Gasteiger partial charge in [0.25, 0.3) is 0 Å². The van der Waals surface area contributed by atoms with Crippen molar-refractivity contribution in [3.05, 3.63) is 35.4 Å². The molecule has 4 heteroatoms. The van der Waals surface area contributed by atoms with Crippen molar-refractivity contribution >= 4 is 17.7 Å². The van der Waals surface area contributed by atoms with Gasteiger partial charge in [0, 0.05) is 12.2 Å². The maximum atomic E-state index is 11.4. The van der Waals surface area contributed by atoms with Crippen molar-refractivity contribution < 1.29 is 14.6 Å². The molecule has 1 aromatic rings. The van der Waals surface area contributed by atoms with Crippen LogP contribution in [0.4, 0.5) is 0 Å². The Bertz CT molecular complexity index is 544. The second kappa shape index (κ2) is 15.8. The summed E-state index contributed by atoms with van der Waals surface area (Å²) in [5.41, 5.74) is 2.55. The summed E-state index contributed by atoms with van der Waals surface area (Å²) in [6.45, 7) is 4.40. The molecule has 0 aliphatic heterocycles. The van der Waals surface area contributed by atoms with Crippen molar-refractivity contribution in [1.29, 1.82) is 0 Å². The lowest BCUT2D eigenvalue weighted by atomic mass is 9.99. The SMILES string of the molecule is CCCCCCCCCc1ccc(C[C@](O)(CCCC)SCCC(=O)OC)cc1. The lowest BCUT2D eigenvalue weighted by molar-refractivity contribution is -0.140. The fourth-order valence-electron chi connectivity index (χ4n) is 3.52. The predicted molar refractivity (Wildman–Crippen MR) is 125 cm³/mol. The number of thioether (sulfide) groups is 1. The number of methoxy groups -OCH3 is 1. The van der Waals surface area contributed by atoms with Crippen molar-refractivity contribution in [3.63, 3.8) is 0 Å². The molecule has 0 unspecified atom stereocenters. The molecule has 0 saturated carbocycles. The van der Waals surface area contributed by atoms with E-state index in [4.69, 9.17) is 4.74 Å². The first-order valence-corrected chi connectivity index (χ1v) is 12.5. The monoisotopic (exact) mass is 422 g/mol. The van der Waals surface area contributed by atoms with Crippen LogP contribution in [0.15, 0.2) is 24.3 Å². The molecule has 1 atom stereocenters. The van der Waals surface area contributed by atoms with Crippen molar-refractivity contribution in [1.82, 2.24) is 0 Å². The van der Waals surface area contributed by atoms with E-state index in [1.165, 1.54) is 69.4 Å². The van der Waals surface area contributed by atoms with E-state index >= 15 is 0 Å². The Morgan fingerprint density at radius 3 is 2.14 bits per heavy atom. The van der Waals surface area contributed by atoms with Gasteiger partial charge in [-0.3, -0.25) is 4.79 Å². The minimum Gasteiger partial charge on any atom is -0.469 e. The number of hydrogen-bond donors (Lipinski definition) is 1. The van der Waals surface area contributed by atoms with E-state index in [0.29, 0.717) is 18.6 Å². The zero-order chi connectivity index (χ0) is 21.4. The lowest BCUT2D eigenvalue weighted by Gasteiger charge is -2.28. The van der Waals surface area contributed by atoms with Crippen LogP contribution in [-0.4, -0.2) is 28.9 Å². The second-order valence-electron chi connectivity index (χ2n) is 8.09. The van der Waals surface area contributed by atoms with E-state index < -0.39 is 4.93 Å². The largest absolute Gasteiger partial charge is 0.469 e. The molecule has 29 heavy (non-hydrogen) atoms. The van der Waals surface area contributed by atoms with Gasteiger partial charge in [0.05, 0.1) is 13.5 Å². The van der Waals surface area contributed by atoms with Gasteiger partial charge in [-0.2, -0.15) is 0 Å². The van der Waals surface area contributed by atoms with Crippen LogP contribution in [0.1, 0.15) is 95.6 Å². The first-order valence-electron chi connectivity index (χ1n) is 11.5. The molecule has 0 saturated heterocycles. The van der Waals surface area contributed by atoms with Gasteiger partial charge in [-0.05, 0) is 36.8 Å². The average Bonchev–Trinajstić information content (AvgIpc) is 2.72. The number of benzene rings is 1. The highest BCUT2D eigenvalue weighted by Gasteiger charge is 2.27. The van der Waals surface area contributed by atoms with Crippen LogP contribution >= 0.6 is 11.8 Å². The molecule has 0 heterocycles. The topological polar surface area (TPSA) is 46.5 Å². The third kappa shape index (κ3) is 12.3. The van der Waals surface area contributed by atoms with E-state index in [0.717, 1.165) is 31.2 Å². The van der Waals surface area contributed by atoms with Crippen molar-refractivity contribution in [2.75, 3.05) is 12.9 Å². The summed E-state index contributed by atoms with van der Waals surface area (Å²) in [7, 11) is 1.41. The Hall–Kier alpha value is -1.00. The van der Waals surface area contributed by atoms with Crippen LogP contribution in [0, 0.1) is 0 Å². The van der Waals surface area contributed by atoms with Gasteiger partial charge in [-0.15, -0.1) is 11.8 Å². The fraction of sp³-hybridized carbons (Fsp3) is 0.720. The fourth-order valence-corrected chi connectivity index (χ4v) is 4.73. The lowest BCUT2D eigenvalue weighted by Crippen LogP contribution is -2.28. The molecule has 1 aromatic carbocycles. The predicted octanol–water partition coefficient (Wildman–Crippen LogP) is 6.70. The van der Waals surface area contributed by atoms with E-state index in [9.17, 15) is 9.90 Å². The average molecular weight is 423 g/mol. The number of unbranched alkanes of at least 4 members (excludes halogenated alkanes) is 7. The number of aliphatic hydroxyl groups is 1. The first-order chi connectivity index (χ1) is 14.0. The normalized spacial score (nSPS) is 13.2. The number of aryl methyl sites for hydroxylation is 1. The third-order valence-corrected chi connectivity index (χ3v) is 6.69. The highest BCUT2D eigenvalue weighted by molar-refractivity contribution is 8.00. The molecule has 0 aliphatic rings. The van der Waals surface area contributed by atoms with Crippen molar-refractivity contribution in [2.24, 2.45) is 0 Å². The van der Waals surface area contributed by atoms with Crippen LogP contribution < -0.4 is 0 Å². The smallest absolute Gasteiger partial charge is 0.306 e. The number of carbonyl (C=O) groups excluding carboxylic acids is 1. The molecule has 1 N–H and O–H groups in total. The Balaban J connectivity index is 2.45. The summed E-state index contributed by atoms with van der Waals surface area (Å²) >= 11 is 1.49. The van der Waals surface area contributed by atoms with E-state index in [1.807, 2.05) is 0 Å². The van der Waals surface area contributed by atoms with Crippen LogP contribution in [0.2, 0.25) is 0 Å². The van der Waals surface area contributed by atoms with Crippen LogP contribution in [0.25, 0.3) is 0 Å². The Kier molecular flexibility index (Phi) is 14.2. The molecule has 3 nitrogen and oxygen atoms in total. The minimum atomic E-state index is -0.815. The molecule has 0 amide bonds. The molecular weight excluding hydrogens is 380 g/mol. The first kappa shape index (κ1) is 26.0. The Morgan fingerprint density at radius 1 is 0.931 bits per heavy atom. The van der Waals surface area contributed by atoms with E-state index in [-0.39, 0.29) is 5.97 Å². The molecule has 0 aromatic heterocycles. The van der Waals surface area contributed by atoms with Gasteiger partial charge in [-0.25, -0.2) is 0 Å². The molecule has 0 radical (unpaired) electrons. The summed E-state index contributed by atoms with van der Waals surface area (Å²) < 4.78 is 4.71. The van der Waals surface area contributed by atoms with Gasteiger partial charge in [-0.1, -0.05) is 83.1 Å². The van der Waals surface area contributed by atoms with Crippen LogP contribution in [-0.2, 0) is 22.4 Å². The zero-order valence-electron chi connectivity index (χ0n) is 18.9. The number of carbonyl (C=O) groups is 1. The van der Waals surface area contributed by atoms with Gasteiger partial charge >= 0.3 is 5.97 Å². The summed E-state index contributed by atoms with van der Waals surface area (Å²) in [6.07, 6.45) is 14.2. The highest BCUT2D eigenvalue weighted by Crippen LogP contribution is 2.32. The maximum Gasteiger partial charge on any atom is 0.306 e. The maximum absolute atomic E-state index is 11.4. The summed E-state index contributed by atoms with van der Waals surface area (Å²) in [4.78, 5) is 10.5. The molecule has 1 rings (SSSR count). The zero-order valence-corrected chi connectivity index (χ0v) is 19.7. The van der Waals surface area contributed by atoms with Crippen LogP contribution in [0.5, 0.6) is 0 Å². The van der Waals surface area contributed by atoms with Crippen LogP contribution in [0.3, 0.4) is 0 Å². The molecule has 0 fully saturated rings. The summed E-state index contributed by atoms with van der Waals surface area (Å²) in [6, 6.07) is 8.75. The Labute approximate surface area is 183 Å². The molecule has 0 bridgehead atoms. The van der Waals surface area contributed by atoms with E-state index in [1.54, 1.807) is 0 Å². The number of esters is 1. The van der Waals surface area contributed by atoms with Gasteiger partial charge < -0.3 is 9.84 Å². The van der Waals surface area contributed by atoms with Gasteiger partial charge in [0.15, 0.2) is 0 Å². The highest BCUT2D eigenvalue weighted by atomic mass is 32.2. The number of rotatable bonds is 17. The number of ether oxygens (including phenoxy) is 1. The van der Waals surface area contributed by atoms with Crippen molar-refractivity contribution in [3.8, 4) is 0 Å². The van der Waals surface area contributed by atoms with Gasteiger partial charge in [0.1, 0.15) is 4.93 Å². The quantitative estimate of drug-likeness (QED) is 0.172. The number of hydrogen-bond acceptors (Lipinski definition) is 4. The summed E-state index contributed by atoms with van der Waals surface area (Å²) in [5.74, 6) is 0.369. The molecule has 0 aliphatic carbocycles. The minimum absolute atomic E-state index is 0.218. The molecule has 0 spiro atoms. The summed E-state index contributed by atoms with van der Waals surface area (Å²) in [5, 5.41) is 11.1. The van der Waals surface area contributed by atoms with E-state index in [2.05, 4.69) is 38.1 Å². The standard InChI is InChI=1S/C25H42O3S/c1-4-6-8-9-10-11-12-13-22-14-16-23(17-15-22)21-25(27,19-7-5-2)29-20-18-24(26)28-3/h14-17,27H,4-13,18-21H2,1-3H3/t25-/m0/s1. The Morgan fingerprint density at radius 2 is 1.52 bits per heavy atom. The van der Waals surface area contributed by atoms with Crippen molar-refractivity contribution in [2.45, 2.75) is 102 Å². The molecular formula is C25H42O3S. The second-order valence-corrected chi connectivity index (χ2v) is 9.55. The van der Waals surface area contributed by atoms with Gasteiger partial charge in [0.2, 0.25) is 0 Å². The molecule has 166 valence electrons. The third-order valence-electron chi connectivity index (χ3n) is 5.40.